The lowest BCUT2D eigenvalue weighted by molar-refractivity contribution is -0.00677. The van der Waals surface area contributed by atoms with Crippen molar-refractivity contribution in [3.63, 3.8) is 0 Å². The lowest BCUT2D eigenvalue weighted by Crippen LogP contribution is -2.43. The number of carbonyl (C=O) groups excluding carboxylic acids is 1. The molecule has 0 bridgehead atoms. The van der Waals surface area contributed by atoms with E-state index in [4.69, 9.17) is 14.6 Å². The highest BCUT2D eigenvalue weighted by molar-refractivity contribution is 5.68. The number of aliphatic hydroxyl groups is 1. The second kappa shape index (κ2) is 8.31. The number of nitrogens with zero attached hydrogens (tertiary/aromatic N) is 1. The minimum atomic E-state index is -0.407. The van der Waals surface area contributed by atoms with Gasteiger partial charge in [-0.3, -0.25) is 0 Å². The van der Waals surface area contributed by atoms with Crippen LogP contribution in [0.5, 0.6) is 0 Å². The Balaban J connectivity index is 0.000000557. The Bertz CT molecular complexity index is 205. The van der Waals surface area contributed by atoms with Gasteiger partial charge in [0.15, 0.2) is 0 Å². The fourth-order valence-corrected chi connectivity index (χ4v) is 1.07. The van der Waals surface area contributed by atoms with Gasteiger partial charge in [-0.05, 0) is 27.2 Å². The lowest BCUT2D eigenvalue weighted by Gasteiger charge is -2.29. The topological polar surface area (TPSA) is 59.0 Å². The number of aliphatic hydroxyl groups excluding tert-OH is 1. The third-order valence-electron chi connectivity index (χ3n) is 1.89. The monoisotopic (exact) mass is 247 g/mol. The van der Waals surface area contributed by atoms with E-state index < -0.39 is 5.60 Å². The van der Waals surface area contributed by atoms with E-state index in [2.05, 4.69) is 0 Å². The summed E-state index contributed by atoms with van der Waals surface area (Å²) in [4.78, 5) is 13.1. The quantitative estimate of drug-likeness (QED) is 0.765. The van der Waals surface area contributed by atoms with Crippen LogP contribution in [0.3, 0.4) is 0 Å². The Hall–Kier alpha value is -0.810. The molecular weight excluding hydrogens is 222 g/mol. The number of morpholine rings is 1. The summed E-state index contributed by atoms with van der Waals surface area (Å²) < 4.78 is 10.3. The zero-order valence-electron chi connectivity index (χ0n) is 11.4. The van der Waals surface area contributed by atoms with Crippen LogP contribution in [0, 0.1) is 0 Å². The van der Waals surface area contributed by atoms with Gasteiger partial charge in [-0.25, -0.2) is 4.79 Å². The van der Waals surface area contributed by atoms with Crippen molar-refractivity contribution >= 4 is 6.09 Å². The van der Waals surface area contributed by atoms with Gasteiger partial charge in [-0.15, -0.1) is 0 Å². The molecule has 1 heterocycles. The van der Waals surface area contributed by atoms with Crippen molar-refractivity contribution in [1.29, 1.82) is 0 Å². The molecule has 0 aromatic heterocycles. The summed E-state index contributed by atoms with van der Waals surface area (Å²) in [7, 11) is 0. The standard InChI is InChI=1S/C9H17NO3.C3H8O/c1-9(2,3)13-8(11)10-4-6-12-7-5-10;1-2-3-4/h4-7H2,1-3H3;4H,2-3H2,1H3. The summed E-state index contributed by atoms with van der Waals surface area (Å²) in [5.74, 6) is 0. The molecule has 0 radical (unpaired) electrons. The second-order valence-electron chi connectivity index (χ2n) is 4.80. The van der Waals surface area contributed by atoms with Crippen LogP contribution in [0.1, 0.15) is 34.1 Å². The maximum Gasteiger partial charge on any atom is 0.410 e. The fourth-order valence-electron chi connectivity index (χ4n) is 1.07. The van der Waals surface area contributed by atoms with Gasteiger partial charge in [-0.1, -0.05) is 6.92 Å². The molecule has 0 spiro atoms. The van der Waals surface area contributed by atoms with Crippen molar-refractivity contribution in [2.75, 3.05) is 32.9 Å². The molecule has 0 atom stereocenters. The Morgan fingerprint density at radius 2 is 1.82 bits per heavy atom. The summed E-state index contributed by atoms with van der Waals surface area (Å²) in [6, 6.07) is 0. The van der Waals surface area contributed by atoms with Gasteiger partial charge in [-0.2, -0.15) is 0 Å². The van der Waals surface area contributed by atoms with Crippen LogP contribution in [0.4, 0.5) is 4.79 Å². The lowest BCUT2D eigenvalue weighted by atomic mass is 10.2. The van der Waals surface area contributed by atoms with E-state index in [9.17, 15) is 4.79 Å². The third-order valence-corrected chi connectivity index (χ3v) is 1.89. The fraction of sp³-hybridized carbons (Fsp3) is 0.917. The van der Waals surface area contributed by atoms with Crippen molar-refractivity contribution in [3.8, 4) is 0 Å². The smallest absolute Gasteiger partial charge is 0.410 e. The maximum atomic E-state index is 11.5. The first-order valence-corrected chi connectivity index (χ1v) is 6.07. The minimum Gasteiger partial charge on any atom is -0.444 e. The van der Waals surface area contributed by atoms with E-state index in [-0.39, 0.29) is 6.09 Å². The summed E-state index contributed by atoms with van der Waals surface area (Å²) in [6.07, 6.45) is 0.635. The number of hydrogen-bond acceptors (Lipinski definition) is 4. The molecule has 0 aromatic carbocycles. The molecule has 0 saturated carbocycles. The van der Waals surface area contributed by atoms with Gasteiger partial charge in [0.05, 0.1) is 13.2 Å². The van der Waals surface area contributed by atoms with E-state index in [1.54, 1.807) is 4.90 Å². The first-order valence-electron chi connectivity index (χ1n) is 6.07. The molecule has 0 aliphatic carbocycles. The minimum absolute atomic E-state index is 0.240. The van der Waals surface area contributed by atoms with Gasteiger partial charge in [0, 0.05) is 19.7 Å². The van der Waals surface area contributed by atoms with Crippen molar-refractivity contribution in [2.24, 2.45) is 0 Å². The Morgan fingerprint density at radius 3 is 2.18 bits per heavy atom. The molecule has 0 unspecified atom stereocenters. The highest BCUT2D eigenvalue weighted by atomic mass is 16.6. The molecule has 1 saturated heterocycles. The van der Waals surface area contributed by atoms with Crippen LogP contribution in [0.15, 0.2) is 0 Å². The summed E-state index contributed by atoms with van der Waals surface area (Å²) in [5, 5.41) is 7.88. The van der Waals surface area contributed by atoms with Crippen LogP contribution in [-0.2, 0) is 9.47 Å². The van der Waals surface area contributed by atoms with Crippen molar-refractivity contribution in [3.05, 3.63) is 0 Å². The zero-order chi connectivity index (χ0) is 13.3. The normalized spacial score (nSPS) is 15.9. The molecule has 5 heteroatoms. The molecular formula is C12H25NO4. The van der Waals surface area contributed by atoms with Crippen LogP contribution < -0.4 is 0 Å². The molecule has 5 nitrogen and oxygen atoms in total. The number of hydrogen-bond donors (Lipinski definition) is 1. The Morgan fingerprint density at radius 1 is 1.35 bits per heavy atom. The van der Waals surface area contributed by atoms with Gasteiger partial charge in [0.1, 0.15) is 5.60 Å². The average Bonchev–Trinajstić information content (AvgIpc) is 2.28. The van der Waals surface area contributed by atoms with E-state index in [0.29, 0.717) is 32.9 Å². The van der Waals surface area contributed by atoms with Gasteiger partial charge in [0.2, 0.25) is 0 Å². The van der Waals surface area contributed by atoms with Crippen LogP contribution in [-0.4, -0.2) is 54.6 Å². The predicted octanol–water partition coefficient (Wildman–Crippen LogP) is 1.64. The molecule has 1 N–H and O–H groups in total. The number of rotatable bonds is 1. The van der Waals surface area contributed by atoms with Gasteiger partial charge in [0.25, 0.3) is 0 Å². The highest BCUT2D eigenvalue weighted by Crippen LogP contribution is 2.10. The third kappa shape index (κ3) is 8.94. The molecule has 1 rings (SSSR count). The first kappa shape index (κ1) is 16.2. The molecule has 1 aliphatic rings. The second-order valence-corrected chi connectivity index (χ2v) is 4.80. The molecule has 102 valence electrons. The Labute approximate surface area is 104 Å². The predicted molar refractivity (Wildman–Crippen MR) is 66.0 cm³/mol. The van der Waals surface area contributed by atoms with Crippen LogP contribution in [0.2, 0.25) is 0 Å². The molecule has 1 fully saturated rings. The van der Waals surface area contributed by atoms with Crippen LogP contribution >= 0.6 is 0 Å². The molecule has 17 heavy (non-hydrogen) atoms. The average molecular weight is 247 g/mol. The maximum absolute atomic E-state index is 11.5. The van der Waals surface area contributed by atoms with Gasteiger partial charge < -0.3 is 19.5 Å². The van der Waals surface area contributed by atoms with Crippen molar-refractivity contribution in [1.82, 2.24) is 4.90 Å². The van der Waals surface area contributed by atoms with E-state index in [0.717, 1.165) is 6.42 Å². The van der Waals surface area contributed by atoms with E-state index in [1.165, 1.54) is 0 Å². The highest BCUT2D eigenvalue weighted by Gasteiger charge is 2.23. The zero-order valence-corrected chi connectivity index (χ0v) is 11.4. The number of carbonyl (C=O) groups is 1. The number of ether oxygens (including phenoxy) is 2. The van der Waals surface area contributed by atoms with E-state index >= 15 is 0 Å². The molecule has 1 amide bonds. The number of amides is 1. The Kier molecular flexibility index (Phi) is 7.91. The summed E-state index contributed by atoms with van der Waals surface area (Å²) in [5.41, 5.74) is -0.407. The van der Waals surface area contributed by atoms with Gasteiger partial charge >= 0.3 is 6.09 Å². The molecule has 1 aliphatic heterocycles. The SMILES string of the molecule is CC(C)(C)OC(=O)N1CCOCC1.CCCO. The molecule has 0 aromatic rings. The largest absolute Gasteiger partial charge is 0.444 e. The van der Waals surface area contributed by atoms with Crippen LogP contribution in [0.25, 0.3) is 0 Å². The summed E-state index contributed by atoms with van der Waals surface area (Å²) in [6.45, 7) is 10.3. The van der Waals surface area contributed by atoms with Crippen molar-refractivity contribution < 1.29 is 19.4 Å². The summed E-state index contributed by atoms with van der Waals surface area (Å²) >= 11 is 0. The first-order chi connectivity index (χ1) is 7.90. The van der Waals surface area contributed by atoms with Crippen molar-refractivity contribution in [2.45, 2.75) is 39.7 Å². The van der Waals surface area contributed by atoms with E-state index in [1.807, 2.05) is 27.7 Å².